The predicted molar refractivity (Wildman–Crippen MR) is 135 cm³/mol. The van der Waals surface area contributed by atoms with Crippen LogP contribution in [0.4, 0.5) is 17.6 Å². The van der Waals surface area contributed by atoms with Crippen molar-refractivity contribution in [2.24, 2.45) is 11.3 Å². The van der Waals surface area contributed by atoms with Crippen LogP contribution in [0.5, 0.6) is 11.6 Å². The quantitative estimate of drug-likeness (QED) is 0.265. The molecule has 1 N–H and O–H groups in total. The maximum atomic E-state index is 14.8. The van der Waals surface area contributed by atoms with Gasteiger partial charge in [-0.25, -0.2) is 9.37 Å². The molecular weight excluding hydrogens is 530 g/mol. The van der Waals surface area contributed by atoms with Gasteiger partial charge in [-0.15, -0.1) is 0 Å². The van der Waals surface area contributed by atoms with Crippen molar-refractivity contribution in [3.63, 3.8) is 0 Å². The second kappa shape index (κ2) is 9.19. The SMILES string of the molecule is CCc1cc2c(cc1OCc1cc(-c3cnc(OCC(C)O)cc3C(F)(F)F)ccc1F)C1C3C2C13C(=O)OC. The second-order valence-corrected chi connectivity index (χ2v) is 10.7. The fraction of sp³-hybridized carbons (Fsp3) is 0.400. The van der Waals surface area contributed by atoms with E-state index >= 15 is 0 Å². The molecule has 5 unspecified atom stereocenters. The van der Waals surface area contributed by atoms with Crippen LogP contribution in [0, 0.1) is 17.2 Å². The Morgan fingerprint density at radius 2 is 1.82 bits per heavy atom. The average Bonchev–Trinajstić information content (AvgIpc) is 3.72. The van der Waals surface area contributed by atoms with Crippen molar-refractivity contribution < 1.29 is 41.7 Å². The van der Waals surface area contributed by atoms with Gasteiger partial charge in [-0.2, -0.15) is 13.2 Å². The first-order valence-corrected chi connectivity index (χ1v) is 13.1. The highest BCUT2D eigenvalue weighted by atomic mass is 19.4. The van der Waals surface area contributed by atoms with E-state index in [1.54, 1.807) is 0 Å². The molecule has 1 aromatic heterocycles. The molecule has 0 radical (unpaired) electrons. The summed E-state index contributed by atoms with van der Waals surface area (Å²) in [6.07, 6.45) is -3.92. The van der Waals surface area contributed by atoms with Gasteiger partial charge in [0.15, 0.2) is 0 Å². The van der Waals surface area contributed by atoms with Crippen LogP contribution in [0.1, 0.15) is 53.5 Å². The Labute approximate surface area is 227 Å². The lowest BCUT2D eigenvalue weighted by molar-refractivity contribution is -0.145. The first-order valence-electron chi connectivity index (χ1n) is 13.1. The Morgan fingerprint density at radius 3 is 2.48 bits per heavy atom. The van der Waals surface area contributed by atoms with Crippen LogP contribution in [-0.2, 0) is 28.7 Å². The molecule has 7 rings (SSSR count). The number of methoxy groups -OCH3 is 1. The number of ether oxygens (including phenoxy) is 3. The van der Waals surface area contributed by atoms with Crippen LogP contribution < -0.4 is 9.47 Å². The normalized spacial score (nSPS) is 24.1. The number of hydrogen-bond donors (Lipinski definition) is 1. The maximum absolute atomic E-state index is 14.8. The molecule has 3 aromatic rings. The first kappa shape index (κ1) is 26.6. The minimum absolute atomic E-state index is 0.0866. The maximum Gasteiger partial charge on any atom is 0.417 e. The topological polar surface area (TPSA) is 77.9 Å². The number of aliphatic hydroxyl groups excluding tert-OH is 1. The fourth-order valence-electron chi connectivity index (χ4n) is 6.41. The third kappa shape index (κ3) is 3.95. The summed E-state index contributed by atoms with van der Waals surface area (Å²) in [6, 6.07) is 8.43. The number of alkyl halides is 3. The lowest BCUT2D eigenvalue weighted by Gasteiger charge is -2.17. The largest absolute Gasteiger partial charge is 0.489 e. The van der Waals surface area contributed by atoms with Gasteiger partial charge in [-0.05, 0) is 59.7 Å². The zero-order valence-corrected chi connectivity index (χ0v) is 22.0. The lowest BCUT2D eigenvalue weighted by Crippen LogP contribution is -2.15. The molecule has 2 fully saturated rings. The highest BCUT2D eigenvalue weighted by molar-refractivity contribution is 5.95. The molecule has 2 saturated carbocycles. The number of aliphatic hydroxyl groups is 1. The van der Waals surface area contributed by atoms with Crippen molar-refractivity contribution >= 4 is 5.97 Å². The predicted octanol–water partition coefficient (Wildman–Crippen LogP) is 5.79. The van der Waals surface area contributed by atoms with E-state index in [0.717, 1.165) is 35.0 Å². The number of hydrogen-bond acceptors (Lipinski definition) is 6. The van der Waals surface area contributed by atoms with Crippen LogP contribution >= 0.6 is 0 Å². The molecule has 4 aliphatic rings. The van der Waals surface area contributed by atoms with Crippen molar-refractivity contribution in [2.45, 2.75) is 51.0 Å². The number of halogens is 4. The molecular formula is C30H27F4NO5. The van der Waals surface area contributed by atoms with E-state index < -0.39 is 29.1 Å². The van der Waals surface area contributed by atoms with Gasteiger partial charge >= 0.3 is 12.1 Å². The first-order chi connectivity index (χ1) is 19.0. The van der Waals surface area contributed by atoms with Crippen LogP contribution in [0.3, 0.4) is 0 Å². The third-order valence-corrected chi connectivity index (χ3v) is 8.33. The molecule has 0 spiro atoms. The lowest BCUT2D eigenvalue weighted by atomic mass is 9.99. The van der Waals surface area contributed by atoms with Crippen molar-refractivity contribution in [3.05, 3.63) is 76.2 Å². The molecule has 0 aliphatic heterocycles. The number of aromatic nitrogens is 1. The van der Waals surface area contributed by atoms with E-state index in [9.17, 15) is 27.5 Å². The number of esters is 1. The Morgan fingerprint density at radius 1 is 1.10 bits per heavy atom. The zero-order valence-electron chi connectivity index (χ0n) is 22.0. The van der Waals surface area contributed by atoms with E-state index in [4.69, 9.17) is 14.2 Å². The molecule has 2 bridgehead atoms. The van der Waals surface area contributed by atoms with Gasteiger partial charge in [0, 0.05) is 35.2 Å². The molecule has 4 aliphatic carbocycles. The van der Waals surface area contributed by atoms with E-state index in [0.29, 0.717) is 12.2 Å². The van der Waals surface area contributed by atoms with Crippen LogP contribution in [0.25, 0.3) is 11.1 Å². The monoisotopic (exact) mass is 557 g/mol. The fourth-order valence-corrected chi connectivity index (χ4v) is 6.41. The van der Waals surface area contributed by atoms with Crippen LogP contribution in [0.15, 0.2) is 42.6 Å². The standard InChI is InChI=1S/C30H27F4NO5/c1-4-15-8-18-19(26-27-25(18)29(26,27)28(37)38-3)9-23(15)39-13-17-7-16(5-6-22(17)31)20-11-35-24(40-12-14(2)36)10-21(20)30(32,33)34/h5-11,14,25-27,36H,4,12-13H2,1-3H3. The summed E-state index contributed by atoms with van der Waals surface area (Å²) in [5.74, 6) is 0.0820. The van der Waals surface area contributed by atoms with Gasteiger partial charge in [0.1, 0.15) is 24.8 Å². The molecule has 0 amide bonds. The third-order valence-electron chi connectivity index (χ3n) is 8.33. The molecule has 2 aromatic carbocycles. The highest BCUT2D eigenvalue weighted by Gasteiger charge is 2.95. The number of aryl methyl sites for hydroxylation is 1. The Kier molecular flexibility index (Phi) is 6.10. The summed E-state index contributed by atoms with van der Waals surface area (Å²) >= 11 is 0. The molecule has 210 valence electrons. The van der Waals surface area contributed by atoms with Crippen molar-refractivity contribution in [1.82, 2.24) is 4.98 Å². The van der Waals surface area contributed by atoms with Crippen molar-refractivity contribution in [1.29, 1.82) is 0 Å². The van der Waals surface area contributed by atoms with Gasteiger partial charge in [-0.1, -0.05) is 19.1 Å². The van der Waals surface area contributed by atoms with Gasteiger partial charge in [0.25, 0.3) is 0 Å². The molecule has 5 atom stereocenters. The number of pyridine rings is 1. The number of carbonyl (C=O) groups excluding carboxylic acids is 1. The van der Waals surface area contributed by atoms with Crippen molar-refractivity contribution in [2.75, 3.05) is 13.7 Å². The molecule has 40 heavy (non-hydrogen) atoms. The molecule has 10 heteroatoms. The zero-order chi connectivity index (χ0) is 28.6. The molecule has 1 heterocycles. The van der Waals surface area contributed by atoms with Gasteiger partial charge in [0.2, 0.25) is 5.88 Å². The smallest absolute Gasteiger partial charge is 0.417 e. The summed E-state index contributed by atoms with van der Waals surface area (Å²) < 4.78 is 72.8. The van der Waals surface area contributed by atoms with Gasteiger partial charge < -0.3 is 19.3 Å². The van der Waals surface area contributed by atoms with E-state index in [1.165, 1.54) is 26.2 Å². The van der Waals surface area contributed by atoms with Gasteiger partial charge in [-0.3, -0.25) is 4.79 Å². The summed E-state index contributed by atoms with van der Waals surface area (Å²) in [4.78, 5) is 16.3. The number of nitrogens with zero attached hydrogens (tertiary/aromatic N) is 1. The Bertz CT molecular complexity index is 1520. The van der Waals surface area contributed by atoms with Gasteiger partial charge in [0.05, 0.1) is 24.2 Å². The van der Waals surface area contributed by atoms with Crippen molar-refractivity contribution in [3.8, 4) is 22.8 Å². The summed E-state index contributed by atoms with van der Waals surface area (Å²) in [5, 5.41) is 9.36. The van der Waals surface area contributed by atoms with E-state index in [2.05, 4.69) is 11.1 Å². The summed E-state index contributed by atoms with van der Waals surface area (Å²) in [7, 11) is 1.40. The summed E-state index contributed by atoms with van der Waals surface area (Å²) in [5.41, 5.74) is 1.67. The molecule has 0 saturated heterocycles. The Balaban J connectivity index is 1.26. The van der Waals surface area contributed by atoms with Crippen LogP contribution in [0.2, 0.25) is 0 Å². The summed E-state index contributed by atoms with van der Waals surface area (Å²) in [6.45, 7) is 3.00. The van der Waals surface area contributed by atoms with Crippen LogP contribution in [-0.4, -0.2) is 35.9 Å². The average molecular weight is 558 g/mol. The minimum atomic E-state index is -4.73. The second-order valence-electron chi connectivity index (χ2n) is 10.7. The van der Waals surface area contributed by atoms with E-state index in [1.807, 2.05) is 13.0 Å². The minimum Gasteiger partial charge on any atom is -0.489 e. The highest BCUT2D eigenvalue weighted by Crippen LogP contribution is 2.97. The number of carbonyl (C=O) groups is 1. The number of benzene rings is 2. The molecule has 6 nitrogen and oxygen atoms in total. The number of rotatable bonds is 9. The van der Waals surface area contributed by atoms with E-state index in [-0.39, 0.29) is 59.5 Å². The Hall–Kier alpha value is -3.66.